The summed E-state index contributed by atoms with van der Waals surface area (Å²) < 4.78 is 15.7. The quantitative estimate of drug-likeness (QED) is 0.433. The summed E-state index contributed by atoms with van der Waals surface area (Å²) in [6.07, 6.45) is 1.00. The molecule has 17 heavy (non-hydrogen) atoms. The normalized spacial score (nSPS) is 34.2. The Kier molecular flexibility index (Phi) is 5.78. The topological polar surface area (TPSA) is 24.5 Å². The Labute approximate surface area is 153 Å². The number of nitrogens with zero attached hydrogens (tertiary/aromatic N) is 2. The molecule has 2 radical (unpaired) electrons. The van der Waals surface area contributed by atoms with Crippen LogP contribution in [0.2, 0.25) is 0 Å². The molecule has 0 aliphatic carbocycles. The number of hydrogen-bond donors (Lipinski definition) is 0. The van der Waals surface area contributed by atoms with Gasteiger partial charge in [-0.3, -0.25) is 13.8 Å². The molecule has 3 heterocycles. The van der Waals surface area contributed by atoms with Crippen LogP contribution in [-0.2, 0) is 74.9 Å². The van der Waals surface area contributed by atoms with E-state index in [1.165, 1.54) is 0 Å². The summed E-state index contributed by atoms with van der Waals surface area (Å²) in [6.45, 7) is 11.7. The van der Waals surface area contributed by atoms with Gasteiger partial charge in [0.2, 0.25) is 0 Å². The molecule has 3 aliphatic rings. The van der Waals surface area contributed by atoms with Crippen molar-refractivity contribution in [1.29, 1.82) is 0 Å². The third-order valence-corrected chi connectivity index (χ3v) is 3.36. The van der Waals surface area contributed by atoms with Gasteiger partial charge in [-0.1, -0.05) is 0 Å². The summed E-state index contributed by atoms with van der Waals surface area (Å²) in [5, 5.41) is 0. The molecule has 0 N–H and O–H groups in total. The van der Waals surface area contributed by atoms with E-state index in [1.54, 1.807) is 0 Å². The van der Waals surface area contributed by atoms with E-state index in [2.05, 4.69) is 29.9 Å². The molecule has 2 atom stereocenters. The first-order valence-electron chi connectivity index (χ1n) is 5.38. The Morgan fingerprint density at radius 3 is 1.82 bits per heavy atom. The van der Waals surface area contributed by atoms with Crippen molar-refractivity contribution in [2.45, 2.75) is 31.6 Å². The number of ether oxygens (including phenoxy) is 2. The van der Waals surface area contributed by atoms with Crippen LogP contribution in [0.15, 0.2) is 0 Å². The van der Waals surface area contributed by atoms with E-state index in [0.29, 0.717) is 13.2 Å². The first-order chi connectivity index (χ1) is 7.18. The van der Waals surface area contributed by atoms with Crippen LogP contribution in [0.3, 0.4) is 0 Å². The van der Waals surface area contributed by atoms with Crippen molar-refractivity contribution in [2.75, 3.05) is 13.2 Å². The molecule has 88 valence electrons. The van der Waals surface area contributed by atoms with Gasteiger partial charge in [0.1, 0.15) is 13.2 Å². The molecule has 2 unspecified atom stereocenters. The summed E-state index contributed by atoms with van der Waals surface area (Å²) in [6, 6.07) is 0.425. The van der Waals surface area contributed by atoms with Crippen molar-refractivity contribution in [2.24, 2.45) is 0 Å². The van der Waals surface area contributed by atoms with Crippen LogP contribution in [0, 0.1) is 13.8 Å². The van der Waals surface area contributed by atoms with Gasteiger partial charge in [0.15, 0.2) is 6.42 Å². The van der Waals surface area contributed by atoms with Crippen LogP contribution < -0.4 is 0 Å². The molecule has 0 bridgehead atoms. The van der Waals surface area contributed by atoms with Crippen LogP contribution in [0.1, 0.15) is 13.3 Å². The summed E-state index contributed by atoms with van der Waals surface area (Å²) in [5.74, 6) is 2.01. The van der Waals surface area contributed by atoms with Gasteiger partial charge in [0, 0.05) is 65.4 Å². The number of rotatable bonds is 0. The van der Waals surface area contributed by atoms with Crippen LogP contribution in [-0.4, -0.2) is 52.4 Å². The fraction of sp³-hybridized carbons (Fsp3) is 0.636. The van der Waals surface area contributed by atoms with E-state index >= 15 is 0 Å². The second-order valence-electron chi connectivity index (χ2n) is 4.34. The maximum Gasteiger partial charge on any atom is 0.354 e. The second kappa shape index (κ2) is 6.07. The Bertz CT molecular complexity index is 348. The zero-order valence-corrected chi connectivity index (χ0v) is 15.8. The standard InChI is InChI=1S/C11H16N2O2.2Y/c1-7-5-14-10-4-11-13(8(2)6-15-11)9(3)12(7)10;;/h7-9H,1-2,4-6H2,3H3;;. The van der Waals surface area contributed by atoms with E-state index in [-0.39, 0.29) is 83.7 Å². The molecule has 0 spiro atoms. The largest absolute Gasteiger partial charge is 0.444 e. The molecule has 0 aromatic rings. The van der Waals surface area contributed by atoms with E-state index in [4.69, 9.17) is 9.47 Å². The molecule has 0 fully saturated rings. The SMILES string of the molecule is [CH2-]C1COC2=[N+]1C(C)[N+]1=C(C2)OCC1[CH2-].[Y].[Y]. The van der Waals surface area contributed by atoms with Crippen LogP contribution in [0.5, 0.6) is 0 Å². The average molecular weight is 386 g/mol. The molecule has 3 rings (SSSR count). The van der Waals surface area contributed by atoms with Gasteiger partial charge in [-0.25, -0.2) is 0 Å². The minimum atomic E-state index is 0. The minimum Gasteiger partial charge on any atom is -0.444 e. The van der Waals surface area contributed by atoms with Gasteiger partial charge in [0.25, 0.3) is 0 Å². The monoisotopic (exact) mass is 386 g/mol. The minimum absolute atomic E-state index is 0. The Balaban J connectivity index is 0.000000722. The van der Waals surface area contributed by atoms with E-state index in [9.17, 15) is 0 Å². The van der Waals surface area contributed by atoms with Crippen LogP contribution in [0.25, 0.3) is 0 Å². The van der Waals surface area contributed by atoms with E-state index in [0.717, 1.165) is 18.2 Å². The van der Waals surface area contributed by atoms with Crippen molar-refractivity contribution in [3.8, 4) is 0 Å². The maximum absolute atomic E-state index is 5.62. The predicted octanol–water partition coefficient (Wildman–Crippen LogP) is 0.0189. The molecule has 6 heteroatoms. The number of hydrogen-bond acceptors (Lipinski definition) is 2. The first kappa shape index (κ1) is 16.2. The summed E-state index contributed by atoms with van der Waals surface area (Å²) in [7, 11) is 0. The molecule has 0 saturated carbocycles. The fourth-order valence-electron chi connectivity index (χ4n) is 2.68. The van der Waals surface area contributed by atoms with Crippen molar-refractivity contribution >= 4 is 11.8 Å². The van der Waals surface area contributed by atoms with E-state index < -0.39 is 0 Å². The van der Waals surface area contributed by atoms with Gasteiger partial charge >= 0.3 is 18.0 Å². The van der Waals surface area contributed by atoms with Gasteiger partial charge in [-0.15, -0.1) is 0 Å². The molecular formula is C11H16N2O2Y2. The summed E-state index contributed by atoms with van der Waals surface area (Å²) >= 11 is 0. The van der Waals surface area contributed by atoms with Crippen LogP contribution >= 0.6 is 0 Å². The fourth-order valence-corrected chi connectivity index (χ4v) is 2.68. The molecule has 3 aliphatic heterocycles. The van der Waals surface area contributed by atoms with Crippen LogP contribution in [0.4, 0.5) is 0 Å². The van der Waals surface area contributed by atoms with Gasteiger partial charge < -0.3 is 9.47 Å². The third-order valence-electron chi connectivity index (χ3n) is 3.36. The van der Waals surface area contributed by atoms with Crippen molar-refractivity contribution in [3.63, 3.8) is 0 Å². The first-order valence-corrected chi connectivity index (χ1v) is 5.38. The second-order valence-corrected chi connectivity index (χ2v) is 4.34. The molecule has 0 aromatic heterocycles. The zero-order chi connectivity index (χ0) is 10.6. The zero-order valence-electron chi connectivity index (χ0n) is 10.1. The molecule has 0 amide bonds. The summed E-state index contributed by atoms with van der Waals surface area (Å²) in [5.41, 5.74) is 0. The van der Waals surface area contributed by atoms with Gasteiger partial charge in [-0.2, -0.15) is 9.15 Å². The molecule has 4 nitrogen and oxygen atoms in total. The Morgan fingerprint density at radius 2 is 1.41 bits per heavy atom. The van der Waals surface area contributed by atoms with Crippen molar-refractivity contribution in [1.82, 2.24) is 0 Å². The van der Waals surface area contributed by atoms with Gasteiger partial charge in [-0.05, 0) is 0 Å². The Morgan fingerprint density at radius 1 is 1.00 bits per heavy atom. The van der Waals surface area contributed by atoms with E-state index in [1.807, 2.05) is 0 Å². The van der Waals surface area contributed by atoms with Crippen molar-refractivity contribution in [3.05, 3.63) is 13.8 Å². The third kappa shape index (κ3) is 2.57. The molecule has 0 saturated heterocycles. The average Bonchev–Trinajstić information content (AvgIpc) is 2.73. The van der Waals surface area contributed by atoms with Crippen molar-refractivity contribution < 1.29 is 84.0 Å². The molecule has 0 aromatic carbocycles. The van der Waals surface area contributed by atoms with Gasteiger partial charge in [0.05, 0.1) is 19.0 Å². The Hall–Kier alpha value is 1.15. The molecular weight excluding hydrogens is 370 g/mol. The maximum atomic E-state index is 5.62. The predicted molar refractivity (Wildman–Crippen MR) is 54.8 cm³/mol. The summed E-state index contributed by atoms with van der Waals surface area (Å²) in [4.78, 5) is 0. The smallest absolute Gasteiger partial charge is 0.354 e.